The van der Waals surface area contributed by atoms with Crippen LogP contribution < -0.4 is 14.8 Å². The number of methoxy groups -OCH3 is 2. The van der Waals surface area contributed by atoms with Gasteiger partial charge in [-0.3, -0.25) is 4.79 Å². The minimum absolute atomic E-state index is 0.0172. The van der Waals surface area contributed by atoms with Gasteiger partial charge in [0.2, 0.25) is 0 Å². The average Bonchev–Trinajstić information content (AvgIpc) is 2.42. The van der Waals surface area contributed by atoms with Gasteiger partial charge in [-0.05, 0) is 24.0 Å². The molecule has 0 spiro atoms. The summed E-state index contributed by atoms with van der Waals surface area (Å²) in [7, 11) is 3.06. The van der Waals surface area contributed by atoms with Gasteiger partial charge in [0, 0.05) is 18.2 Å². The van der Waals surface area contributed by atoms with Gasteiger partial charge in [0.15, 0.2) is 0 Å². The lowest BCUT2D eigenvalue weighted by Crippen LogP contribution is -2.34. The van der Waals surface area contributed by atoms with Crippen molar-refractivity contribution in [2.45, 2.75) is 33.3 Å². The maximum absolute atomic E-state index is 12.1. The second-order valence-electron chi connectivity index (χ2n) is 6.23. The number of hydrogen-bond donors (Lipinski definition) is 2. The van der Waals surface area contributed by atoms with Crippen molar-refractivity contribution in [2.24, 2.45) is 5.41 Å². The first kappa shape index (κ1) is 17.3. The highest BCUT2D eigenvalue weighted by molar-refractivity contribution is 5.95. The number of aliphatic hydroxyl groups excluding tert-OH is 1. The van der Waals surface area contributed by atoms with Crippen LogP contribution in [-0.2, 0) is 0 Å². The third-order valence-corrected chi connectivity index (χ3v) is 2.96. The SMILES string of the molecule is COc1cc(OC)cc(C(=O)NCC(O)CC(C)(C)C)c1. The second kappa shape index (κ2) is 7.31. The minimum atomic E-state index is -0.568. The highest BCUT2D eigenvalue weighted by Gasteiger charge is 2.18. The largest absolute Gasteiger partial charge is 0.497 e. The van der Waals surface area contributed by atoms with Crippen molar-refractivity contribution in [1.82, 2.24) is 5.32 Å². The highest BCUT2D eigenvalue weighted by atomic mass is 16.5. The summed E-state index contributed by atoms with van der Waals surface area (Å²) in [6.07, 6.45) is 0.0517. The number of hydrogen-bond acceptors (Lipinski definition) is 4. The lowest BCUT2D eigenvalue weighted by Gasteiger charge is -2.22. The summed E-state index contributed by atoms with van der Waals surface area (Å²) in [6.45, 7) is 6.36. The average molecular weight is 295 g/mol. The Balaban J connectivity index is 2.67. The Morgan fingerprint density at radius 1 is 1.19 bits per heavy atom. The fraction of sp³-hybridized carbons (Fsp3) is 0.562. The summed E-state index contributed by atoms with van der Waals surface area (Å²) < 4.78 is 10.3. The standard InChI is InChI=1S/C16H25NO4/c1-16(2,3)9-12(18)10-17-15(19)11-6-13(20-4)8-14(7-11)21-5/h6-8,12,18H,9-10H2,1-5H3,(H,17,19). The molecule has 0 aliphatic rings. The molecule has 0 radical (unpaired) electrons. The molecule has 0 aliphatic heterocycles. The Morgan fingerprint density at radius 2 is 1.71 bits per heavy atom. The monoisotopic (exact) mass is 295 g/mol. The zero-order chi connectivity index (χ0) is 16.0. The molecule has 21 heavy (non-hydrogen) atoms. The Morgan fingerprint density at radius 3 is 2.14 bits per heavy atom. The molecule has 0 bridgehead atoms. The molecule has 0 saturated heterocycles. The normalized spacial score (nSPS) is 12.7. The van der Waals surface area contributed by atoms with E-state index in [9.17, 15) is 9.90 Å². The van der Waals surface area contributed by atoms with Crippen LogP contribution in [0.2, 0.25) is 0 Å². The van der Waals surface area contributed by atoms with Gasteiger partial charge in [-0.1, -0.05) is 20.8 Å². The van der Waals surface area contributed by atoms with Crippen molar-refractivity contribution in [3.05, 3.63) is 23.8 Å². The molecule has 5 heteroatoms. The van der Waals surface area contributed by atoms with Gasteiger partial charge >= 0.3 is 0 Å². The van der Waals surface area contributed by atoms with Crippen LogP contribution in [-0.4, -0.2) is 37.9 Å². The van der Waals surface area contributed by atoms with E-state index >= 15 is 0 Å². The van der Waals surface area contributed by atoms with E-state index in [0.29, 0.717) is 23.5 Å². The molecule has 0 aromatic heterocycles. The number of amides is 1. The van der Waals surface area contributed by atoms with Crippen molar-refractivity contribution in [2.75, 3.05) is 20.8 Å². The quantitative estimate of drug-likeness (QED) is 0.844. The molecule has 2 N–H and O–H groups in total. The summed E-state index contributed by atoms with van der Waals surface area (Å²) in [5, 5.41) is 12.6. The summed E-state index contributed by atoms with van der Waals surface area (Å²) in [6, 6.07) is 4.97. The highest BCUT2D eigenvalue weighted by Crippen LogP contribution is 2.23. The summed E-state index contributed by atoms with van der Waals surface area (Å²) in [5.41, 5.74) is 0.456. The molecule has 1 rings (SSSR count). The molecule has 0 fully saturated rings. The van der Waals surface area contributed by atoms with Crippen LogP contribution in [0.4, 0.5) is 0 Å². The smallest absolute Gasteiger partial charge is 0.251 e. The number of carbonyl (C=O) groups excluding carboxylic acids is 1. The van der Waals surface area contributed by atoms with Gasteiger partial charge in [-0.2, -0.15) is 0 Å². The summed E-state index contributed by atoms with van der Waals surface area (Å²) in [4.78, 5) is 12.1. The topological polar surface area (TPSA) is 67.8 Å². The third kappa shape index (κ3) is 6.04. The number of rotatable bonds is 6. The molecule has 0 saturated carbocycles. The molecular formula is C16H25NO4. The van der Waals surface area contributed by atoms with Gasteiger partial charge in [0.05, 0.1) is 20.3 Å². The Hall–Kier alpha value is -1.75. The first-order valence-electron chi connectivity index (χ1n) is 6.94. The number of benzene rings is 1. The molecule has 118 valence electrons. The zero-order valence-electron chi connectivity index (χ0n) is 13.4. The van der Waals surface area contributed by atoms with Crippen molar-refractivity contribution >= 4 is 5.91 Å². The van der Waals surface area contributed by atoms with Crippen LogP contribution in [0.1, 0.15) is 37.6 Å². The molecule has 0 aliphatic carbocycles. The van der Waals surface area contributed by atoms with Crippen LogP contribution in [0.3, 0.4) is 0 Å². The van der Waals surface area contributed by atoms with E-state index in [1.54, 1.807) is 18.2 Å². The molecule has 1 aromatic rings. The molecule has 1 aromatic carbocycles. The van der Waals surface area contributed by atoms with E-state index in [-0.39, 0.29) is 17.9 Å². The van der Waals surface area contributed by atoms with Crippen LogP contribution in [0.15, 0.2) is 18.2 Å². The predicted octanol–water partition coefficient (Wildman–Crippen LogP) is 2.23. The van der Waals surface area contributed by atoms with E-state index < -0.39 is 6.10 Å². The number of carbonyl (C=O) groups is 1. The van der Waals surface area contributed by atoms with Crippen LogP contribution >= 0.6 is 0 Å². The summed E-state index contributed by atoms with van der Waals surface area (Å²) in [5.74, 6) is 0.838. The van der Waals surface area contributed by atoms with Gasteiger partial charge in [-0.25, -0.2) is 0 Å². The number of ether oxygens (including phenoxy) is 2. The molecule has 1 amide bonds. The first-order valence-corrected chi connectivity index (χ1v) is 6.94. The minimum Gasteiger partial charge on any atom is -0.497 e. The van der Waals surface area contributed by atoms with E-state index in [2.05, 4.69) is 5.32 Å². The third-order valence-electron chi connectivity index (χ3n) is 2.96. The van der Waals surface area contributed by atoms with Gasteiger partial charge in [-0.15, -0.1) is 0 Å². The molecular weight excluding hydrogens is 270 g/mol. The van der Waals surface area contributed by atoms with E-state index in [1.807, 2.05) is 20.8 Å². The van der Waals surface area contributed by atoms with Crippen molar-refractivity contribution in [3.8, 4) is 11.5 Å². The second-order valence-corrected chi connectivity index (χ2v) is 6.23. The van der Waals surface area contributed by atoms with E-state index in [0.717, 1.165) is 0 Å². The van der Waals surface area contributed by atoms with Gasteiger partial charge in [0.25, 0.3) is 5.91 Å². The van der Waals surface area contributed by atoms with Crippen LogP contribution in [0.5, 0.6) is 11.5 Å². The van der Waals surface area contributed by atoms with Crippen molar-refractivity contribution < 1.29 is 19.4 Å². The molecule has 0 heterocycles. The maximum Gasteiger partial charge on any atom is 0.251 e. The first-order chi connectivity index (χ1) is 9.75. The predicted molar refractivity (Wildman–Crippen MR) is 82.0 cm³/mol. The van der Waals surface area contributed by atoms with E-state index in [1.165, 1.54) is 14.2 Å². The molecule has 1 atom stereocenters. The Bertz CT molecular complexity index is 457. The van der Waals surface area contributed by atoms with Gasteiger partial charge in [0.1, 0.15) is 11.5 Å². The zero-order valence-corrected chi connectivity index (χ0v) is 13.4. The van der Waals surface area contributed by atoms with Crippen LogP contribution in [0.25, 0.3) is 0 Å². The van der Waals surface area contributed by atoms with Crippen molar-refractivity contribution in [3.63, 3.8) is 0 Å². The van der Waals surface area contributed by atoms with E-state index in [4.69, 9.17) is 9.47 Å². The fourth-order valence-corrected chi connectivity index (χ4v) is 2.03. The molecule has 5 nitrogen and oxygen atoms in total. The maximum atomic E-state index is 12.1. The summed E-state index contributed by atoms with van der Waals surface area (Å²) >= 11 is 0. The number of aliphatic hydroxyl groups is 1. The Kier molecular flexibility index (Phi) is 6.03. The van der Waals surface area contributed by atoms with Crippen LogP contribution in [0, 0.1) is 5.41 Å². The van der Waals surface area contributed by atoms with Gasteiger partial charge < -0.3 is 19.9 Å². The lowest BCUT2D eigenvalue weighted by molar-refractivity contribution is 0.0868. The lowest BCUT2D eigenvalue weighted by atomic mass is 9.89. The number of nitrogens with one attached hydrogen (secondary N) is 1. The molecule has 1 unspecified atom stereocenters. The van der Waals surface area contributed by atoms with Crippen molar-refractivity contribution in [1.29, 1.82) is 0 Å². The fourth-order valence-electron chi connectivity index (χ4n) is 2.03. The Labute approximate surface area is 126 Å².